The average Bonchev–Trinajstić information content (AvgIpc) is 2.09. The molecule has 1 aromatic carbocycles. The fourth-order valence-corrected chi connectivity index (χ4v) is 1.34. The van der Waals surface area contributed by atoms with Crippen molar-refractivity contribution in [2.75, 3.05) is 0 Å². The van der Waals surface area contributed by atoms with Gasteiger partial charge in [0.25, 0.3) is 0 Å². The number of nitriles is 1. The zero-order valence-electron chi connectivity index (χ0n) is 7.50. The molecular weight excluding hydrogens is 230 g/mol. The Morgan fingerprint density at radius 3 is 2.54 bits per heavy atom. The second-order valence-corrected chi connectivity index (χ2v) is 4.26. The molecule has 2 nitrogen and oxygen atoms in total. The average molecular weight is 240 g/mol. The van der Waals surface area contributed by atoms with E-state index in [9.17, 15) is 5.11 Å². The van der Waals surface area contributed by atoms with Crippen molar-refractivity contribution in [1.82, 2.24) is 0 Å². The Labute approximate surface area is 85.9 Å². The lowest BCUT2D eigenvalue weighted by Crippen LogP contribution is -2.13. The summed E-state index contributed by atoms with van der Waals surface area (Å²) in [4.78, 5) is 0. The molecule has 0 aromatic heterocycles. The quantitative estimate of drug-likeness (QED) is 0.820. The summed E-state index contributed by atoms with van der Waals surface area (Å²) < 4.78 is 0.619. The standard InChI is InChI=1S/C10H10BrNO/c1-10(2,6-12)7-3-4-9(13)8(11)5-7/h3-5,13H,1-2H3. The zero-order valence-corrected chi connectivity index (χ0v) is 9.09. The molecule has 0 saturated carbocycles. The summed E-state index contributed by atoms with van der Waals surface area (Å²) in [6.45, 7) is 3.68. The Morgan fingerprint density at radius 1 is 1.46 bits per heavy atom. The van der Waals surface area contributed by atoms with Crippen LogP contribution in [-0.4, -0.2) is 5.11 Å². The van der Waals surface area contributed by atoms with E-state index in [1.54, 1.807) is 18.2 Å². The van der Waals surface area contributed by atoms with E-state index in [1.165, 1.54) is 0 Å². The molecule has 0 aliphatic rings. The van der Waals surface area contributed by atoms with Crippen LogP contribution in [0.25, 0.3) is 0 Å². The largest absolute Gasteiger partial charge is 0.507 e. The molecule has 0 saturated heterocycles. The van der Waals surface area contributed by atoms with Gasteiger partial charge in [0.2, 0.25) is 0 Å². The first kappa shape index (κ1) is 10.1. The van der Waals surface area contributed by atoms with Crippen molar-refractivity contribution in [3.05, 3.63) is 28.2 Å². The predicted molar refractivity (Wildman–Crippen MR) is 54.4 cm³/mol. The van der Waals surface area contributed by atoms with Gasteiger partial charge in [0.05, 0.1) is 16.0 Å². The zero-order chi connectivity index (χ0) is 10.1. The number of phenolic OH excluding ortho intramolecular Hbond substituents is 1. The van der Waals surface area contributed by atoms with E-state index in [1.807, 2.05) is 13.8 Å². The monoisotopic (exact) mass is 239 g/mol. The number of benzene rings is 1. The van der Waals surface area contributed by atoms with Crippen molar-refractivity contribution >= 4 is 15.9 Å². The molecule has 0 amide bonds. The minimum Gasteiger partial charge on any atom is -0.507 e. The maximum Gasteiger partial charge on any atom is 0.129 e. The second-order valence-electron chi connectivity index (χ2n) is 3.40. The summed E-state index contributed by atoms with van der Waals surface area (Å²) in [5, 5.41) is 18.1. The van der Waals surface area contributed by atoms with Crippen molar-refractivity contribution in [2.24, 2.45) is 0 Å². The van der Waals surface area contributed by atoms with Crippen LogP contribution in [0, 0.1) is 11.3 Å². The summed E-state index contributed by atoms with van der Waals surface area (Å²) in [7, 11) is 0. The molecule has 0 atom stereocenters. The smallest absolute Gasteiger partial charge is 0.129 e. The van der Waals surface area contributed by atoms with Gasteiger partial charge >= 0.3 is 0 Å². The molecule has 3 heteroatoms. The van der Waals surface area contributed by atoms with Crippen LogP contribution in [0.15, 0.2) is 22.7 Å². The maximum absolute atomic E-state index is 9.25. The van der Waals surface area contributed by atoms with E-state index in [2.05, 4.69) is 22.0 Å². The number of nitrogens with zero attached hydrogens (tertiary/aromatic N) is 1. The summed E-state index contributed by atoms with van der Waals surface area (Å²) >= 11 is 3.21. The molecule has 68 valence electrons. The lowest BCUT2D eigenvalue weighted by Gasteiger charge is -2.15. The predicted octanol–water partition coefficient (Wildman–Crippen LogP) is 2.96. The number of halogens is 1. The molecule has 0 unspecified atom stereocenters. The van der Waals surface area contributed by atoms with Gasteiger partial charge < -0.3 is 5.11 Å². The van der Waals surface area contributed by atoms with Gasteiger partial charge in [-0.05, 0) is 47.5 Å². The summed E-state index contributed by atoms with van der Waals surface area (Å²) in [6, 6.07) is 7.30. The molecular formula is C10H10BrNO. The Balaban J connectivity index is 3.20. The van der Waals surface area contributed by atoms with Gasteiger partial charge in [0, 0.05) is 0 Å². The summed E-state index contributed by atoms with van der Waals surface area (Å²) in [5.74, 6) is 0.192. The Bertz CT molecular complexity index is 366. The fourth-order valence-electron chi connectivity index (χ4n) is 0.960. The molecule has 0 aliphatic heterocycles. The molecule has 1 rings (SSSR count). The number of rotatable bonds is 1. The van der Waals surface area contributed by atoms with Crippen LogP contribution in [0.5, 0.6) is 5.75 Å². The van der Waals surface area contributed by atoms with E-state index in [-0.39, 0.29) is 5.75 Å². The molecule has 13 heavy (non-hydrogen) atoms. The van der Waals surface area contributed by atoms with Crippen LogP contribution in [0.2, 0.25) is 0 Å². The Kier molecular flexibility index (Phi) is 2.63. The molecule has 0 bridgehead atoms. The molecule has 1 N–H and O–H groups in total. The summed E-state index contributed by atoms with van der Waals surface area (Å²) in [5.41, 5.74) is 0.371. The van der Waals surface area contributed by atoms with Crippen molar-refractivity contribution in [3.8, 4) is 11.8 Å². The van der Waals surface area contributed by atoms with Gasteiger partial charge in [0.1, 0.15) is 5.75 Å². The number of hydrogen-bond donors (Lipinski definition) is 1. The van der Waals surface area contributed by atoms with Crippen molar-refractivity contribution in [3.63, 3.8) is 0 Å². The normalized spacial score (nSPS) is 10.9. The van der Waals surface area contributed by atoms with E-state index < -0.39 is 5.41 Å². The minimum absolute atomic E-state index is 0.192. The van der Waals surface area contributed by atoms with Gasteiger partial charge in [-0.15, -0.1) is 0 Å². The Morgan fingerprint density at radius 2 is 2.08 bits per heavy atom. The third kappa shape index (κ3) is 2.02. The third-order valence-corrected chi connectivity index (χ3v) is 2.58. The van der Waals surface area contributed by atoms with Crippen LogP contribution < -0.4 is 0 Å². The van der Waals surface area contributed by atoms with Gasteiger partial charge in [-0.25, -0.2) is 0 Å². The topological polar surface area (TPSA) is 44.0 Å². The molecule has 0 spiro atoms. The van der Waals surface area contributed by atoms with Crippen LogP contribution in [0.1, 0.15) is 19.4 Å². The third-order valence-electron chi connectivity index (χ3n) is 1.95. The highest BCUT2D eigenvalue weighted by Gasteiger charge is 2.20. The van der Waals surface area contributed by atoms with Gasteiger partial charge in [0.15, 0.2) is 0 Å². The van der Waals surface area contributed by atoms with Crippen molar-refractivity contribution in [2.45, 2.75) is 19.3 Å². The highest BCUT2D eigenvalue weighted by molar-refractivity contribution is 9.10. The van der Waals surface area contributed by atoms with Crippen LogP contribution in [0.3, 0.4) is 0 Å². The number of phenols is 1. The summed E-state index contributed by atoms with van der Waals surface area (Å²) in [6.07, 6.45) is 0. The van der Waals surface area contributed by atoms with Gasteiger partial charge in [-0.2, -0.15) is 5.26 Å². The van der Waals surface area contributed by atoms with Crippen LogP contribution in [-0.2, 0) is 5.41 Å². The van der Waals surface area contributed by atoms with Gasteiger partial charge in [-0.1, -0.05) is 6.07 Å². The lowest BCUT2D eigenvalue weighted by molar-refractivity contribution is 0.471. The lowest BCUT2D eigenvalue weighted by atomic mass is 9.86. The van der Waals surface area contributed by atoms with E-state index in [0.29, 0.717) is 4.47 Å². The number of aromatic hydroxyl groups is 1. The SMILES string of the molecule is CC(C)(C#N)c1ccc(O)c(Br)c1. The number of hydrogen-bond acceptors (Lipinski definition) is 2. The highest BCUT2D eigenvalue weighted by atomic mass is 79.9. The molecule has 1 aromatic rings. The molecule has 0 heterocycles. The first-order valence-corrected chi connectivity index (χ1v) is 4.67. The van der Waals surface area contributed by atoms with E-state index in [4.69, 9.17) is 5.26 Å². The maximum atomic E-state index is 9.25. The molecule has 0 fully saturated rings. The van der Waals surface area contributed by atoms with Crippen LogP contribution >= 0.6 is 15.9 Å². The first-order chi connectivity index (χ1) is 5.97. The fraction of sp³-hybridized carbons (Fsp3) is 0.300. The minimum atomic E-state index is -0.518. The highest BCUT2D eigenvalue weighted by Crippen LogP contribution is 2.30. The van der Waals surface area contributed by atoms with E-state index in [0.717, 1.165) is 5.56 Å². The van der Waals surface area contributed by atoms with Gasteiger partial charge in [-0.3, -0.25) is 0 Å². The van der Waals surface area contributed by atoms with Crippen molar-refractivity contribution < 1.29 is 5.11 Å². The van der Waals surface area contributed by atoms with Crippen LogP contribution in [0.4, 0.5) is 0 Å². The molecule has 0 radical (unpaired) electrons. The van der Waals surface area contributed by atoms with Crippen molar-refractivity contribution in [1.29, 1.82) is 5.26 Å². The first-order valence-electron chi connectivity index (χ1n) is 3.87. The second kappa shape index (κ2) is 3.39. The van der Waals surface area contributed by atoms with E-state index >= 15 is 0 Å². The molecule has 0 aliphatic carbocycles. The Hall–Kier alpha value is -1.01.